The lowest BCUT2D eigenvalue weighted by molar-refractivity contribution is -0.135. The molecule has 0 atom stereocenters. The third-order valence-electron chi connectivity index (χ3n) is 2.08. The van der Waals surface area contributed by atoms with Gasteiger partial charge in [-0.3, -0.25) is 0 Å². The molecule has 100 valence electrons. The molecule has 0 aliphatic rings. The Morgan fingerprint density at radius 1 is 1.24 bits per heavy atom. The van der Waals surface area contributed by atoms with Gasteiger partial charge in [-0.2, -0.15) is 0 Å². The van der Waals surface area contributed by atoms with Crippen molar-refractivity contribution >= 4 is 5.97 Å². The number of nitrogens with one attached hydrogen (secondary N) is 1. The summed E-state index contributed by atoms with van der Waals surface area (Å²) in [5.41, 5.74) is 0.807. The fourth-order valence-corrected chi connectivity index (χ4v) is 1.23. The van der Waals surface area contributed by atoms with Crippen LogP contribution >= 0.6 is 0 Å². The Morgan fingerprint density at radius 3 is 2.24 bits per heavy atom. The Labute approximate surface area is 103 Å². The van der Waals surface area contributed by atoms with Crippen LogP contribution in [0.15, 0.2) is 11.8 Å². The fourth-order valence-electron chi connectivity index (χ4n) is 1.23. The molecule has 0 bridgehead atoms. The summed E-state index contributed by atoms with van der Waals surface area (Å²) in [7, 11) is 1.36. The van der Waals surface area contributed by atoms with E-state index in [0.29, 0.717) is 19.8 Å². The number of esters is 1. The second kappa shape index (κ2) is 10.1. The quantitative estimate of drug-likeness (QED) is 0.378. The molecule has 0 unspecified atom stereocenters. The largest absolute Gasteiger partial charge is 0.466 e. The lowest BCUT2D eigenvalue weighted by atomic mass is 10.3. The summed E-state index contributed by atoms with van der Waals surface area (Å²) in [5.74, 6) is -0.362. The van der Waals surface area contributed by atoms with E-state index in [0.717, 1.165) is 12.1 Å². The number of allylic oxidation sites excluding steroid dienone is 1. The number of hydrogen-bond acceptors (Lipinski definition) is 5. The van der Waals surface area contributed by atoms with Gasteiger partial charge in [-0.15, -0.1) is 0 Å². The molecule has 5 heteroatoms. The molecular weight excluding hydrogens is 222 g/mol. The molecular formula is C12H23NO4. The first kappa shape index (κ1) is 15.9. The molecule has 0 spiro atoms. The van der Waals surface area contributed by atoms with Crippen molar-refractivity contribution in [1.29, 1.82) is 0 Å². The van der Waals surface area contributed by atoms with Gasteiger partial charge in [0.15, 0.2) is 6.29 Å². The molecule has 0 rings (SSSR count). The summed E-state index contributed by atoms with van der Waals surface area (Å²) in [6.45, 7) is 7.48. The highest BCUT2D eigenvalue weighted by molar-refractivity contribution is 5.82. The summed E-state index contributed by atoms with van der Waals surface area (Å²) < 4.78 is 15.3. The van der Waals surface area contributed by atoms with Crippen LogP contribution in [0, 0.1) is 0 Å². The third kappa shape index (κ3) is 7.76. The van der Waals surface area contributed by atoms with Gasteiger partial charge in [-0.1, -0.05) is 6.92 Å². The van der Waals surface area contributed by atoms with Gasteiger partial charge >= 0.3 is 5.97 Å². The average molecular weight is 245 g/mol. The SMILES string of the molecule is CCOC(CN/C(=C/C(=O)OC)CC)OCC. The van der Waals surface area contributed by atoms with Crippen LogP contribution in [0.2, 0.25) is 0 Å². The van der Waals surface area contributed by atoms with Crippen molar-refractivity contribution < 1.29 is 19.0 Å². The first-order valence-electron chi connectivity index (χ1n) is 5.93. The van der Waals surface area contributed by atoms with Crippen LogP contribution in [0.5, 0.6) is 0 Å². The van der Waals surface area contributed by atoms with Gasteiger partial charge in [0.25, 0.3) is 0 Å². The number of ether oxygens (including phenoxy) is 3. The predicted octanol–water partition coefficient (Wildman–Crippen LogP) is 1.44. The van der Waals surface area contributed by atoms with Gasteiger partial charge in [0, 0.05) is 25.0 Å². The second-order valence-corrected chi connectivity index (χ2v) is 3.27. The number of carbonyl (C=O) groups is 1. The number of methoxy groups -OCH3 is 1. The molecule has 5 nitrogen and oxygen atoms in total. The molecule has 0 aliphatic heterocycles. The minimum absolute atomic E-state index is 0.294. The molecule has 0 heterocycles. The number of hydrogen-bond donors (Lipinski definition) is 1. The Hall–Kier alpha value is -1.07. The highest BCUT2D eigenvalue weighted by Crippen LogP contribution is 1.99. The molecule has 0 fully saturated rings. The highest BCUT2D eigenvalue weighted by atomic mass is 16.7. The highest BCUT2D eigenvalue weighted by Gasteiger charge is 2.08. The second-order valence-electron chi connectivity index (χ2n) is 3.27. The van der Waals surface area contributed by atoms with Crippen molar-refractivity contribution in [3.05, 3.63) is 11.8 Å². The Morgan fingerprint density at radius 2 is 1.82 bits per heavy atom. The monoisotopic (exact) mass is 245 g/mol. The van der Waals surface area contributed by atoms with E-state index in [1.807, 2.05) is 20.8 Å². The lowest BCUT2D eigenvalue weighted by Gasteiger charge is -2.18. The molecule has 0 saturated carbocycles. The normalized spacial score (nSPS) is 11.7. The van der Waals surface area contributed by atoms with Crippen molar-refractivity contribution in [3.63, 3.8) is 0 Å². The zero-order valence-electron chi connectivity index (χ0n) is 11.1. The van der Waals surface area contributed by atoms with Gasteiger partial charge in [-0.25, -0.2) is 4.79 Å². The van der Waals surface area contributed by atoms with E-state index < -0.39 is 0 Å². The summed E-state index contributed by atoms with van der Waals surface area (Å²) in [6, 6.07) is 0. The van der Waals surface area contributed by atoms with Crippen molar-refractivity contribution in [1.82, 2.24) is 5.32 Å². The third-order valence-corrected chi connectivity index (χ3v) is 2.08. The van der Waals surface area contributed by atoms with Gasteiger partial charge in [0.05, 0.1) is 13.7 Å². The standard InChI is InChI=1S/C12H23NO4/c1-5-10(8-11(14)15-4)13-9-12(16-6-2)17-7-3/h8,12-13H,5-7,9H2,1-4H3/b10-8+. The summed E-state index contributed by atoms with van der Waals surface area (Å²) >= 11 is 0. The molecule has 0 aromatic carbocycles. The van der Waals surface area contributed by atoms with Gasteiger partial charge in [0.1, 0.15) is 0 Å². The van der Waals surface area contributed by atoms with Gasteiger partial charge in [-0.05, 0) is 20.3 Å². The zero-order chi connectivity index (χ0) is 13.1. The summed E-state index contributed by atoms with van der Waals surface area (Å²) in [6.07, 6.45) is 1.87. The topological polar surface area (TPSA) is 56.8 Å². The lowest BCUT2D eigenvalue weighted by Crippen LogP contribution is -2.31. The van der Waals surface area contributed by atoms with E-state index in [4.69, 9.17) is 9.47 Å². The first-order chi connectivity index (χ1) is 8.17. The van der Waals surface area contributed by atoms with Crippen molar-refractivity contribution in [2.24, 2.45) is 0 Å². The Balaban J connectivity index is 4.18. The van der Waals surface area contributed by atoms with E-state index in [-0.39, 0.29) is 12.3 Å². The van der Waals surface area contributed by atoms with Crippen molar-refractivity contribution in [2.45, 2.75) is 33.5 Å². The van der Waals surface area contributed by atoms with Crippen LogP contribution in [0.3, 0.4) is 0 Å². The van der Waals surface area contributed by atoms with Crippen LogP contribution in [0.1, 0.15) is 27.2 Å². The molecule has 0 aromatic heterocycles. The minimum Gasteiger partial charge on any atom is -0.466 e. The number of carbonyl (C=O) groups excluding carboxylic acids is 1. The average Bonchev–Trinajstić information content (AvgIpc) is 2.34. The zero-order valence-corrected chi connectivity index (χ0v) is 11.1. The van der Waals surface area contributed by atoms with E-state index in [1.165, 1.54) is 13.2 Å². The maximum absolute atomic E-state index is 11.1. The van der Waals surface area contributed by atoms with Crippen molar-refractivity contribution in [2.75, 3.05) is 26.9 Å². The summed E-state index contributed by atoms with van der Waals surface area (Å²) in [4.78, 5) is 11.1. The Kier molecular flexibility index (Phi) is 9.47. The molecule has 0 amide bonds. The van der Waals surface area contributed by atoms with Crippen LogP contribution in [-0.4, -0.2) is 39.1 Å². The van der Waals surface area contributed by atoms with E-state index in [1.54, 1.807) is 0 Å². The maximum atomic E-state index is 11.1. The van der Waals surface area contributed by atoms with Crippen LogP contribution in [0.4, 0.5) is 0 Å². The number of rotatable bonds is 9. The van der Waals surface area contributed by atoms with Gasteiger partial charge in [0.2, 0.25) is 0 Å². The van der Waals surface area contributed by atoms with Crippen LogP contribution in [0.25, 0.3) is 0 Å². The van der Waals surface area contributed by atoms with E-state index >= 15 is 0 Å². The summed E-state index contributed by atoms with van der Waals surface area (Å²) in [5, 5.41) is 3.11. The van der Waals surface area contributed by atoms with Crippen molar-refractivity contribution in [3.8, 4) is 0 Å². The molecule has 0 radical (unpaired) electrons. The maximum Gasteiger partial charge on any atom is 0.332 e. The van der Waals surface area contributed by atoms with E-state index in [9.17, 15) is 4.79 Å². The smallest absolute Gasteiger partial charge is 0.332 e. The van der Waals surface area contributed by atoms with Crippen LogP contribution in [-0.2, 0) is 19.0 Å². The predicted molar refractivity (Wildman–Crippen MR) is 65.4 cm³/mol. The minimum atomic E-state index is -0.362. The van der Waals surface area contributed by atoms with Crippen LogP contribution < -0.4 is 5.32 Å². The van der Waals surface area contributed by atoms with E-state index in [2.05, 4.69) is 10.1 Å². The molecule has 0 aliphatic carbocycles. The van der Waals surface area contributed by atoms with Gasteiger partial charge < -0.3 is 19.5 Å². The Bertz CT molecular complexity index is 235. The fraction of sp³-hybridized carbons (Fsp3) is 0.750. The first-order valence-corrected chi connectivity index (χ1v) is 5.93. The molecule has 1 N–H and O–H groups in total. The molecule has 0 aromatic rings. The molecule has 0 saturated heterocycles. The molecule has 17 heavy (non-hydrogen) atoms.